The quantitative estimate of drug-likeness (QED) is 0.182. The number of carbonyl (C=O) groups is 4. The Labute approximate surface area is 208 Å². The van der Waals surface area contributed by atoms with E-state index < -0.39 is 33.6 Å². The van der Waals surface area contributed by atoms with E-state index in [9.17, 15) is 29.3 Å². The molecule has 6 rings (SSSR count). The molecule has 0 spiro atoms. The summed E-state index contributed by atoms with van der Waals surface area (Å²) in [5.74, 6) is -1.86. The van der Waals surface area contributed by atoms with Gasteiger partial charge in [-0.1, -0.05) is 60.7 Å². The Balaban J connectivity index is 1.54. The van der Waals surface area contributed by atoms with Crippen LogP contribution in [-0.4, -0.2) is 28.1 Å². The summed E-state index contributed by atoms with van der Waals surface area (Å²) in [5, 5.41) is 20.0. The molecule has 0 fully saturated rings. The van der Waals surface area contributed by atoms with Crippen LogP contribution in [0.4, 0.5) is 17.1 Å². The van der Waals surface area contributed by atoms with Crippen molar-refractivity contribution in [1.82, 2.24) is 0 Å². The fourth-order valence-corrected chi connectivity index (χ4v) is 4.72. The minimum atomic E-state index is -0.724. The SMILES string of the molecule is O=C1c2ccccc2C(=O)c2c(N=Nc3c([N+](=O)[O-])ccc4c3C(=O)c3ccccc3C4=O)cccc21. The molecule has 37 heavy (non-hydrogen) atoms. The molecular formula is C28H13N3O6. The molecule has 4 aromatic carbocycles. The van der Waals surface area contributed by atoms with Gasteiger partial charge < -0.3 is 0 Å². The summed E-state index contributed by atoms with van der Waals surface area (Å²) in [6, 6.07) is 19.4. The number of hydrogen-bond acceptors (Lipinski definition) is 8. The number of nitro groups is 1. The number of carbonyl (C=O) groups excluding carboxylic acids is 4. The summed E-state index contributed by atoms with van der Waals surface area (Å²) in [6.07, 6.45) is 0. The average Bonchev–Trinajstić information content (AvgIpc) is 2.92. The van der Waals surface area contributed by atoms with Gasteiger partial charge in [0.25, 0.3) is 5.69 Å². The fourth-order valence-electron chi connectivity index (χ4n) is 4.72. The fraction of sp³-hybridized carbons (Fsp3) is 0. The van der Waals surface area contributed by atoms with E-state index in [0.29, 0.717) is 0 Å². The van der Waals surface area contributed by atoms with E-state index in [1.165, 1.54) is 42.5 Å². The number of ketones is 4. The first-order chi connectivity index (χ1) is 17.9. The molecule has 0 unspecified atom stereocenters. The molecule has 9 nitrogen and oxygen atoms in total. The van der Waals surface area contributed by atoms with Crippen LogP contribution in [0.2, 0.25) is 0 Å². The molecule has 0 atom stereocenters. The maximum atomic E-state index is 13.4. The minimum Gasteiger partial charge on any atom is -0.289 e. The second-order valence-corrected chi connectivity index (χ2v) is 8.42. The van der Waals surface area contributed by atoms with Crippen LogP contribution in [0.15, 0.2) is 89.1 Å². The standard InChI is InChI=1S/C28H13N3O6/c32-25-14-6-1-3-8-16(14)27(34)22-18(25)10-5-11-20(22)29-30-24-21(31(36)37)13-12-19-23(24)28(35)17-9-4-2-7-15(17)26(19)33/h1-13H. The van der Waals surface area contributed by atoms with Gasteiger partial charge in [-0.2, -0.15) is 0 Å². The second kappa shape index (κ2) is 8.06. The van der Waals surface area contributed by atoms with Gasteiger partial charge in [0, 0.05) is 39.4 Å². The van der Waals surface area contributed by atoms with Crippen molar-refractivity contribution in [2.24, 2.45) is 10.2 Å². The summed E-state index contributed by atoms with van der Waals surface area (Å²) in [6.45, 7) is 0. The monoisotopic (exact) mass is 487 g/mol. The van der Waals surface area contributed by atoms with Crippen molar-refractivity contribution < 1.29 is 24.1 Å². The Kier molecular flexibility index (Phi) is 4.80. The number of rotatable bonds is 3. The maximum absolute atomic E-state index is 13.4. The lowest BCUT2D eigenvalue weighted by molar-refractivity contribution is -0.384. The maximum Gasteiger partial charge on any atom is 0.297 e. The Hall–Kier alpha value is -5.44. The van der Waals surface area contributed by atoms with Crippen LogP contribution in [-0.2, 0) is 0 Å². The highest BCUT2D eigenvalue weighted by Crippen LogP contribution is 2.41. The molecule has 176 valence electrons. The van der Waals surface area contributed by atoms with E-state index in [-0.39, 0.29) is 56.0 Å². The molecule has 0 saturated carbocycles. The number of hydrogen-bond donors (Lipinski definition) is 0. The molecule has 0 N–H and O–H groups in total. The van der Waals surface area contributed by atoms with Gasteiger partial charge >= 0.3 is 0 Å². The molecule has 9 heteroatoms. The van der Waals surface area contributed by atoms with Gasteiger partial charge in [0.1, 0.15) is 0 Å². The summed E-state index contributed by atoms with van der Waals surface area (Å²) in [4.78, 5) is 63.8. The van der Waals surface area contributed by atoms with Gasteiger partial charge in [-0.15, -0.1) is 10.2 Å². The van der Waals surface area contributed by atoms with Crippen LogP contribution in [0.3, 0.4) is 0 Å². The normalized spacial score (nSPS) is 13.7. The summed E-state index contributed by atoms with van der Waals surface area (Å²) in [7, 11) is 0. The smallest absolute Gasteiger partial charge is 0.289 e. The minimum absolute atomic E-state index is 0.00670. The highest BCUT2D eigenvalue weighted by Gasteiger charge is 2.36. The zero-order valence-electron chi connectivity index (χ0n) is 18.8. The lowest BCUT2D eigenvalue weighted by Gasteiger charge is -2.19. The van der Waals surface area contributed by atoms with Crippen molar-refractivity contribution in [2.45, 2.75) is 0 Å². The molecule has 0 saturated heterocycles. The molecule has 0 amide bonds. The lowest BCUT2D eigenvalue weighted by Crippen LogP contribution is -2.21. The average molecular weight is 487 g/mol. The lowest BCUT2D eigenvalue weighted by atomic mass is 9.83. The molecule has 0 heterocycles. The van der Waals surface area contributed by atoms with E-state index in [4.69, 9.17) is 0 Å². The van der Waals surface area contributed by atoms with Crippen molar-refractivity contribution in [3.05, 3.63) is 133 Å². The van der Waals surface area contributed by atoms with Gasteiger partial charge in [0.15, 0.2) is 28.8 Å². The number of fused-ring (bicyclic) bond motifs is 4. The largest absolute Gasteiger partial charge is 0.297 e. The van der Waals surface area contributed by atoms with Crippen LogP contribution in [0.1, 0.15) is 63.7 Å². The van der Waals surface area contributed by atoms with Crippen molar-refractivity contribution in [3.63, 3.8) is 0 Å². The van der Waals surface area contributed by atoms with E-state index >= 15 is 0 Å². The zero-order chi connectivity index (χ0) is 25.8. The Morgan fingerprint density at radius 3 is 1.57 bits per heavy atom. The van der Waals surface area contributed by atoms with Crippen LogP contribution < -0.4 is 0 Å². The summed E-state index contributed by atoms with van der Waals surface area (Å²) >= 11 is 0. The van der Waals surface area contributed by atoms with E-state index in [1.807, 2.05) is 0 Å². The third kappa shape index (κ3) is 3.18. The first kappa shape index (κ1) is 22.1. The van der Waals surface area contributed by atoms with Crippen molar-refractivity contribution in [3.8, 4) is 0 Å². The van der Waals surface area contributed by atoms with Gasteiger partial charge in [0.05, 0.1) is 21.7 Å². The first-order valence-electron chi connectivity index (χ1n) is 11.1. The van der Waals surface area contributed by atoms with Crippen LogP contribution >= 0.6 is 0 Å². The Morgan fingerprint density at radius 2 is 1.00 bits per heavy atom. The van der Waals surface area contributed by atoms with Crippen LogP contribution in [0.25, 0.3) is 0 Å². The molecule has 4 aromatic rings. The van der Waals surface area contributed by atoms with Gasteiger partial charge in [-0.3, -0.25) is 29.3 Å². The zero-order valence-corrected chi connectivity index (χ0v) is 18.8. The highest BCUT2D eigenvalue weighted by atomic mass is 16.6. The summed E-state index contributed by atoms with van der Waals surface area (Å²) < 4.78 is 0. The van der Waals surface area contributed by atoms with Crippen molar-refractivity contribution in [1.29, 1.82) is 0 Å². The molecule has 2 aliphatic carbocycles. The topological polar surface area (TPSA) is 136 Å². The van der Waals surface area contributed by atoms with E-state index in [2.05, 4.69) is 10.2 Å². The molecule has 0 radical (unpaired) electrons. The Bertz CT molecular complexity index is 1790. The van der Waals surface area contributed by atoms with Crippen molar-refractivity contribution >= 4 is 40.2 Å². The van der Waals surface area contributed by atoms with Crippen LogP contribution in [0.5, 0.6) is 0 Å². The number of azo groups is 1. The Morgan fingerprint density at radius 1 is 0.514 bits per heavy atom. The third-order valence-electron chi connectivity index (χ3n) is 6.43. The third-order valence-corrected chi connectivity index (χ3v) is 6.43. The molecule has 0 aromatic heterocycles. The van der Waals surface area contributed by atoms with Crippen LogP contribution in [0, 0.1) is 10.1 Å². The van der Waals surface area contributed by atoms with Gasteiger partial charge in [-0.05, 0) is 12.1 Å². The molecular weight excluding hydrogens is 474 g/mol. The molecule has 0 aliphatic heterocycles. The van der Waals surface area contributed by atoms with E-state index in [0.717, 1.165) is 6.07 Å². The first-order valence-corrected chi connectivity index (χ1v) is 11.1. The second-order valence-electron chi connectivity index (χ2n) is 8.42. The predicted molar refractivity (Wildman–Crippen MR) is 130 cm³/mol. The highest BCUT2D eigenvalue weighted by molar-refractivity contribution is 6.31. The predicted octanol–water partition coefficient (Wildman–Crippen LogP) is 5.56. The molecule has 2 aliphatic rings. The summed E-state index contributed by atoms with van der Waals surface area (Å²) in [5.41, 5.74) is -0.274. The number of benzene rings is 4. The van der Waals surface area contributed by atoms with E-state index in [1.54, 1.807) is 30.3 Å². The van der Waals surface area contributed by atoms with Crippen molar-refractivity contribution in [2.75, 3.05) is 0 Å². The van der Waals surface area contributed by atoms with Gasteiger partial charge in [-0.25, -0.2) is 0 Å². The number of nitrogens with zero attached hydrogens (tertiary/aromatic N) is 3. The molecule has 0 bridgehead atoms. The van der Waals surface area contributed by atoms with Gasteiger partial charge in [0.2, 0.25) is 0 Å². The number of nitro benzene ring substituents is 1.